The van der Waals surface area contributed by atoms with Crippen LogP contribution < -0.4 is 4.74 Å². The summed E-state index contributed by atoms with van der Waals surface area (Å²) in [7, 11) is 1.51. The molecule has 0 amide bonds. The average molecular weight is 328 g/mol. The predicted molar refractivity (Wildman–Crippen MR) is 96.7 cm³/mol. The Morgan fingerprint density at radius 3 is 2.62 bits per heavy atom. The van der Waals surface area contributed by atoms with Gasteiger partial charge in [-0.15, -0.1) is 0 Å². The number of aliphatic carboxylic acids is 1. The molecule has 128 valence electrons. The number of allylic oxidation sites excluding steroid dienone is 1. The van der Waals surface area contributed by atoms with Gasteiger partial charge in [0.2, 0.25) is 0 Å². The van der Waals surface area contributed by atoms with Crippen molar-refractivity contribution < 1.29 is 19.7 Å². The van der Waals surface area contributed by atoms with Crippen LogP contribution in [0.1, 0.15) is 44.2 Å². The zero-order chi connectivity index (χ0) is 17.7. The van der Waals surface area contributed by atoms with Crippen LogP contribution in [0.4, 0.5) is 0 Å². The zero-order valence-corrected chi connectivity index (χ0v) is 14.4. The fourth-order valence-corrected chi connectivity index (χ4v) is 3.02. The van der Waals surface area contributed by atoms with Crippen molar-refractivity contribution >= 4 is 22.3 Å². The minimum atomic E-state index is -0.965. The van der Waals surface area contributed by atoms with Crippen molar-refractivity contribution in [1.82, 2.24) is 0 Å². The lowest BCUT2D eigenvalue weighted by Crippen LogP contribution is -1.97. The minimum Gasteiger partial charge on any atom is -0.504 e. The van der Waals surface area contributed by atoms with E-state index in [1.807, 2.05) is 25.1 Å². The Kier molecular flexibility index (Phi) is 5.85. The molecule has 4 heteroatoms. The number of aryl methyl sites for hydroxylation is 1. The molecule has 0 fully saturated rings. The van der Waals surface area contributed by atoms with Crippen LogP contribution in [0.5, 0.6) is 11.5 Å². The van der Waals surface area contributed by atoms with Crippen LogP contribution in [-0.2, 0) is 11.2 Å². The summed E-state index contributed by atoms with van der Waals surface area (Å²) in [6.45, 7) is 4.10. The van der Waals surface area contributed by atoms with Crippen molar-refractivity contribution in [3.05, 3.63) is 41.5 Å². The fourth-order valence-electron chi connectivity index (χ4n) is 3.02. The molecule has 0 heterocycles. The number of carboxylic acids is 1. The van der Waals surface area contributed by atoms with Crippen LogP contribution in [0.25, 0.3) is 16.3 Å². The van der Waals surface area contributed by atoms with Gasteiger partial charge in [-0.25, -0.2) is 4.79 Å². The Bertz CT molecular complexity index is 775. The molecule has 0 saturated heterocycles. The first-order chi connectivity index (χ1) is 11.5. The molecule has 0 aliphatic carbocycles. The van der Waals surface area contributed by atoms with E-state index in [1.165, 1.54) is 13.2 Å². The Morgan fingerprint density at radius 1 is 1.29 bits per heavy atom. The highest BCUT2D eigenvalue weighted by Crippen LogP contribution is 2.42. The molecule has 0 radical (unpaired) electrons. The molecule has 0 aliphatic rings. The van der Waals surface area contributed by atoms with Crippen molar-refractivity contribution in [2.45, 2.75) is 39.5 Å². The third-order valence-electron chi connectivity index (χ3n) is 4.23. The summed E-state index contributed by atoms with van der Waals surface area (Å²) in [5.41, 5.74) is 2.57. The lowest BCUT2D eigenvalue weighted by Gasteiger charge is -2.16. The van der Waals surface area contributed by atoms with Crippen LogP contribution in [0, 0.1) is 0 Å². The maximum absolute atomic E-state index is 11.3. The van der Waals surface area contributed by atoms with Gasteiger partial charge in [0, 0.05) is 11.5 Å². The van der Waals surface area contributed by atoms with Crippen molar-refractivity contribution in [3.63, 3.8) is 0 Å². The molecule has 0 atom stereocenters. The highest BCUT2D eigenvalue weighted by atomic mass is 16.5. The number of hydrogen-bond donors (Lipinski definition) is 2. The molecule has 0 saturated carbocycles. The number of phenolic OH excluding ortho intramolecular Hbond substituents is 1. The number of ether oxygens (including phenoxy) is 1. The molecule has 0 unspecified atom stereocenters. The molecular weight excluding hydrogens is 304 g/mol. The van der Waals surface area contributed by atoms with Gasteiger partial charge in [0.15, 0.2) is 11.5 Å². The lowest BCUT2D eigenvalue weighted by atomic mass is 9.91. The van der Waals surface area contributed by atoms with Crippen molar-refractivity contribution in [1.29, 1.82) is 0 Å². The van der Waals surface area contributed by atoms with Crippen LogP contribution in [0.3, 0.4) is 0 Å². The second-order valence-electron chi connectivity index (χ2n) is 5.78. The third-order valence-corrected chi connectivity index (χ3v) is 4.23. The van der Waals surface area contributed by atoms with Gasteiger partial charge in [0.05, 0.1) is 7.11 Å². The summed E-state index contributed by atoms with van der Waals surface area (Å²) in [5.74, 6) is -0.488. The van der Waals surface area contributed by atoms with Gasteiger partial charge in [0.25, 0.3) is 0 Å². The SMILES string of the molecule is CCCCC(=CC(=O)O)c1cc(OC)c(O)c2c(CC)cccc12. The third kappa shape index (κ3) is 3.53. The second kappa shape index (κ2) is 7.86. The van der Waals surface area contributed by atoms with Gasteiger partial charge in [-0.1, -0.05) is 38.5 Å². The van der Waals surface area contributed by atoms with E-state index in [-0.39, 0.29) is 5.75 Å². The summed E-state index contributed by atoms with van der Waals surface area (Å²) in [5, 5.41) is 21.4. The van der Waals surface area contributed by atoms with Crippen LogP contribution in [-0.4, -0.2) is 23.3 Å². The lowest BCUT2D eigenvalue weighted by molar-refractivity contribution is -0.131. The maximum atomic E-state index is 11.3. The van der Waals surface area contributed by atoms with E-state index in [9.17, 15) is 15.0 Å². The molecule has 24 heavy (non-hydrogen) atoms. The number of methoxy groups -OCH3 is 1. The van der Waals surface area contributed by atoms with Crippen molar-refractivity contribution in [3.8, 4) is 11.5 Å². The molecule has 4 nitrogen and oxygen atoms in total. The molecule has 0 spiro atoms. The number of fused-ring (bicyclic) bond motifs is 1. The highest BCUT2D eigenvalue weighted by molar-refractivity contribution is 6.03. The van der Waals surface area contributed by atoms with E-state index in [2.05, 4.69) is 6.92 Å². The monoisotopic (exact) mass is 328 g/mol. The number of hydrogen-bond acceptors (Lipinski definition) is 3. The standard InChI is InChI=1S/C20H24O4/c1-4-6-8-14(11-18(21)22)16-12-17(24-3)20(23)19-13(5-2)9-7-10-15(16)19/h7,9-12,23H,4-6,8H2,1-3H3,(H,21,22). The molecule has 2 aromatic rings. The Balaban J connectivity index is 2.81. The topological polar surface area (TPSA) is 66.8 Å². The molecule has 0 aromatic heterocycles. The smallest absolute Gasteiger partial charge is 0.328 e. The van der Waals surface area contributed by atoms with E-state index in [1.54, 1.807) is 6.07 Å². The number of unbranched alkanes of at least 4 members (excludes halogenated alkanes) is 1. The summed E-state index contributed by atoms with van der Waals surface area (Å²) in [4.78, 5) is 11.3. The largest absolute Gasteiger partial charge is 0.504 e. The number of phenols is 1. The first-order valence-corrected chi connectivity index (χ1v) is 8.28. The maximum Gasteiger partial charge on any atom is 0.328 e. The fraction of sp³-hybridized carbons (Fsp3) is 0.350. The van der Waals surface area contributed by atoms with E-state index in [0.29, 0.717) is 12.2 Å². The Labute approximate surface area is 142 Å². The Hall–Kier alpha value is -2.49. The molecule has 2 N–H and O–H groups in total. The first kappa shape index (κ1) is 17.9. The summed E-state index contributed by atoms with van der Waals surface area (Å²) >= 11 is 0. The van der Waals surface area contributed by atoms with Gasteiger partial charge >= 0.3 is 5.97 Å². The number of rotatable bonds is 7. The van der Waals surface area contributed by atoms with Gasteiger partial charge < -0.3 is 14.9 Å². The molecule has 0 bridgehead atoms. The van der Waals surface area contributed by atoms with Crippen molar-refractivity contribution in [2.24, 2.45) is 0 Å². The summed E-state index contributed by atoms with van der Waals surface area (Å²) < 4.78 is 5.33. The predicted octanol–water partition coefficient (Wildman–Crippen LogP) is 4.77. The number of carbonyl (C=O) groups is 1. The Morgan fingerprint density at radius 2 is 2.04 bits per heavy atom. The van der Waals surface area contributed by atoms with Crippen molar-refractivity contribution in [2.75, 3.05) is 7.11 Å². The van der Waals surface area contributed by atoms with Gasteiger partial charge in [-0.3, -0.25) is 0 Å². The van der Waals surface area contributed by atoms with Gasteiger partial charge in [-0.05, 0) is 47.4 Å². The van der Waals surface area contributed by atoms with E-state index < -0.39 is 5.97 Å². The van der Waals surface area contributed by atoms with Crippen LogP contribution in [0.15, 0.2) is 30.3 Å². The molecule has 2 aromatic carbocycles. The normalized spacial score (nSPS) is 11.7. The number of benzene rings is 2. The average Bonchev–Trinajstić information content (AvgIpc) is 2.58. The van der Waals surface area contributed by atoms with E-state index >= 15 is 0 Å². The summed E-state index contributed by atoms with van der Waals surface area (Å²) in [6, 6.07) is 7.57. The van der Waals surface area contributed by atoms with E-state index in [0.717, 1.165) is 46.7 Å². The molecular formula is C20H24O4. The number of carboxylic acid groups (broad SMARTS) is 1. The van der Waals surface area contributed by atoms with Gasteiger partial charge in [-0.2, -0.15) is 0 Å². The summed E-state index contributed by atoms with van der Waals surface area (Å²) in [6.07, 6.45) is 4.58. The zero-order valence-electron chi connectivity index (χ0n) is 14.4. The van der Waals surface area contributed by atoms with Crippen LogP contribution >= 0.6 is 0 Å². The van der Waals surface area contributed by atoms with Gasteiger partial charge in [0.1, 0.15) is 0 Å². The second-order valence-corrected chi connectivity index (χ2v) is 5.78. The quantitative estimate of drug-likeness (QED) is 0.718. The van der Waals surface area contributed by atoms with E-state index in [4.69, 9.17) is 4.74 Å². The first-order valence-electron chi connectivity index (χ1n) is 8.28. The molecule has 0 aliphatic heterocycles. The number of aromatic hydroxyl groups is 1. The van der Waals surface area contributed by atoms with Crippen LogP contribution in [0.2, 0.25) is 0 Å². The highest BCUT2D eigenvalue weighted by Gasteiger charge is 2.17. The molecule has 2 rings (SSSR count). The minimum absolute atomic E-state index is 0.110.